The number of carboxylic acid groups (broad SMARTS) is 1. The molecule has 35 heavy (non-hydrogen) atoms. The normalized spacial score (nSPS) is 15.6. The van der Waals surface area contributed by atoms with Gasteiger partial charge in [-0.05, 0) is 60.2 Å². The van der Waals surface area contributed by atoms with Crippen LogP contribution in [0, 0.1) is 0 Å². The molecule has 0 saturated carbocycles. The Morgan fingerprint density at radius 3 is 2.40 bits per heavy atom. The van der Waals surface area contributed by atoms with Gasteiger partial charge in [-0.2, -0.15) is 0 Å². The number of benzene rings is 3. The largest absolute Gasteiger partial charge is 0.493 e. The summed E-state index contributed by atoms with van der Waals surface area (Å²) in [4.78, 5) is 11.0. The molecule has 0 bridgehead atoms. The van der Waals surface area contributed by atoms with Gasteiger partial charge in [0.1, 0.15) is 5.75 Å². The highest BCUT2D eigenvalue weighted by Crippen LogP contribution is 2.42. The summed E-state index contributed by atoms with van der Waals surface area (Å²) in [6, 6.07) is 18.1. The van der Waals surface area contributed by atoms with Crippen LogP contribution in [-0.4, -0.2) is 40.7 Å². The van der Waals surface area contributed by atoms with E-state index >= 15 is 0 Å². The van der Waals surface area contributed by atoms with Gasteiger partial charge in [-0.3, -0.25) is 8.86 Å². The van der Waals surface area contributed by atoms with Crippen molar-refractivity contribution in [1.82, 2.24) is 0 Å². The van der Waals surface area contributed by atoms with Crippen molar-refractivity contribution in [3.05, 3.63) is 71.8 Å². The zero-order valence-corrected chi connectivity index (χ0v) is 20.3. The Morgan fingerprint density at radius 2 is 1.74 bits per heavy atom. The van der Waals surface area contributed by atoms with Crippen molar-refractivity contribution in [1.29, 1.82) is 0 Å². The number of ether oxygens (including phenoxy) is 3. The van der Waals surface area contributed by atoms with Crippen LogP contribution in [0.3, 0.4) is 0 Å². The Hall–Kier alpha value is -3.56. The molecule has 0 aromatic heterocycles. The van der Waals surface area contributed by atoms with E-state index in [0.29, 0.717) is 35.8 Å². The van der Waals surface area contributed by atoms with Crippen LogP contribution in [0.4, 0.5) is 5.69 Å². The molecular weight excluding hydrogens is 470 g/mol. The summed E-state index contributed by atoms with van der Waals surface area (Å²) >= 11 is -2.29. The van der Waals surface area contributed by atoms with Crippen LogP contribution in [0.25, 0.3) is 11.1 Å². The van der Waals surface area contributed by atoms with Gasteiger partial charge in [0.2, 0.25) is 0 Å². The highest BCUT2D eigenvalue weighted by atomic mass is 32.2. The van der Waals surface area contributed by atoms with Crippen molar-refractivity contribution in [3.63, 3.8) is 0 Å². The third-order valence-corrected chi connectivity index (χ3v) is 6.87. The minimum Gasteiger partial charge on any atom is -0.493 e. The van der Waals surface area contributed by atoms with Gasteiger partial charge in [-0.25, -0.2) is 9.00 Å². The minimum atomic E-state index is -2.29. The lowest BCUT2D eigenvalue weighted by molar-refractivity contribution is -0.139. The topological polar surface area (TPSA) is 106 Å². The van der Waals surface area contributed by atoms with E-state index in [2.05, 4.69) is 0 Å². The molecule has 0 aliphatic heterocycles. The van der Waals surface area contributed by atoms with Gasteiger partial charge in [0.05, 0.1) is 25.9 Å². The predicted molar refractivity (Wildman–Crippen MR) is 133 cm³/mol. The highest BCUT2D eigenvalue weighted by molar-refractivity contribution is 7.80. The molecule has 3 aromatic rings. The van der Waals surface area contributed by atoms with Crippen LogP contribution in [0.15, 0.2) is 60.7 Å². The summed E-state index contributed by atoms with van der Waals surface area (Å²) in [5.41, 5.74) is 4.05. The number of hydrogen-bond acceptors (Lipinski definition) is 5. The van der Waals surface area contributed by atoms with E-state index in [-0.39, 0.29) is 6.04 Å². The fraction of sp³-hybridized carbons (Fsp3) is 0.269. The summed E-state index contributed by atoms with van der Waals surface area (Å²) in [5.74, 6) is 0.673. The third kappa shape index (κ3) is 5.11. The quantitative estimate of drug-likeness (QED) is 0.407. The first-order chi connectivity index (χ1) is 16.9. The molecule has 4 rings (SSSR count). The number of aliphatic carboxylic acids is 1. The molecule has 184 valence electrons. The molecule has 0 fully saturated rings. The molecule has 0 radical (unpaired) electrons. The summed E-state index contributed by atoms with van der Waals surface area (Å²) in [5, 5.41) is 8.99. The molecule has 1 aliphatic rings. The van der Waals surface area contributed by atoms with Gasteiger partial charge >= 0.3 is 5.97 Å². The monoisotopic (exact) mass is 497 g/mol. The Labute approximate surface area is 206 Å². The maximum Gasteiger partial charge on any atom is 0.341 e. The van der Waals surface area contributed by atoms with Gasteiger partial charge in [0, 0.05) is 5.56 Å². The van der Waals surface area contributed by atoms with E-state index in [1.54, 1.807) is 38.5 Å². The number of rotatable bonds is 9. The average Bonchev–Trinajstić information content (AvgIpc) is 2.87. The van der Waals surface area contributed by atoms with E-state index < -0.39 is 23.8 Å². The molecule has 0 spiro atoms. The summed E-state index contributed by atoms with van der Waals surface area (Å²) in [6.45, 7) is -0.439. The smallest absolute Gasteiger partial charge is 0.341 e. The number of para-hydroxylation sites is 1. The first-order valence-corrected chi connectivity index (χ1v) is 12.2. The maximum absolute atomic E-state index is 12.5. The average molecular weight is 498 g/mol. The molecule has 8 nitrogen and oxygen atoms in total. The number of fused-ring (bicyclic) bond motifs is 1. The van der Waals surface area contributed by atoms with Gasteiger partial charge in [0.15, 0.2) is 18.1 Å². The van der Waals surface area contributed by atoms with Crippen molar-refractivity contribution in [3.8, 4) is 28.4 Å². The van der Waals surface area contributed by atoms with Crippen molar-refractivity contribution in [2.45, 2.75) is 25.3 Å². The van der Waals surface area contributed by atoms with Crippen LogP contribution in [0.1, 0.15) is 30.0 Å². The minimum absolute atomic E-state index is 0.366. The fourth-order valence-corrected chi connectivity index (χ4v) is 5.33. The Kier molecular flexibility index (Phi) is 7.57. The molecule has 0 heterocycles. The Morgan fingerprint density at radius 1 is 1.03 bits per heavy atom. The molecule has 2 unspecified atom stereocenters. The summed E-state index contributed by atoms with van der Waals surface area (Å²) in [7, 11) is 3.17. The summed E-state index contributed by atoms with van der Waals surface area (Å²) in [6.07, 6.45) is 2.16. The maximum atomic E-state index is 12.5. The molecule has 2 N–H and O–H groups in total. The lowest BCUT2D eigenvalue weighted by atomic mass is 9.87. The number of nitrogens with zero attached hydrogens (tertiary/aromatic N) is 1. The zero-order valence-electron chi connectivity index (χ0n) is 19.5. The standard InChI is InChI=1S/C26H27NO7S/c1-32-24-11-4-6-19(26(24)33-2)17-12-14-18(15-13-17)27(35(30)31)22-9-3-8-21-20(22)7-5-10-23(21)34-16-25(28)29/h4-7,10-15,22H,3,8-9,16H2,1-2H3,(H,28,29)(H,30,31). The number of carboxylic acids is 1. The molecule has 1 aliphatic carbocycles. The SMILES string of the molecule is COc1cccc(-c2ccc(N(C3CCCc4c(OCC(=O)O)cccc43)S(=O)O)cc2)c1OC. The second-order valence-electron chi connectivity index (χ2n) is 8.06. The van der Waals surface area contributed by atoms with Crippen LogP contribution in [0.2, 0.25) is 0 Å². The lowest BCUT2D eigenvalue weighted by Crippen LogP contribution is -2.33. The van der Waals surface area contributed by atoms with Crippen LogP contribution < -0.4 is 18.5 Å². The lowest BCUT2D eigenvalue weighted by Gasteiger charge is -2.35. The number of methoxy groups -OCH3 is 2. The van der Waals surface area contributed by atoms with E-state index in [9.17, 15) is 13.6 Å². The summed E-state index contributed by atoms with van der Waals surface area (Å²) < 4.78 is 40.7. The molecule has 3 aromatic carbocycles. The van der Waals surface area contributed by atoms with Gasteiger partial charge in [-0.1, -0.05) is 36.4 Å². The molecule has 2 atom stereocenters. The molecular formula is C26H27NO7S. The van der Waals surface area contributed by atoms with E-state index in [0.717, 1.165) is 28.7 Å². The Bertz CT molecular complexity index is 1230. The van der Waals surface area contributed by atoms with E-state index in [1.165, 1.54) is 4.31 Å². The van der Waals surface area contributed by atoms with Crippen LogP contribution >= 0.6 is 0 Å². The van der Waals surface area contributed by atoms with Gasteiger partial charge < -0.3 is 19.3 Å². The third-order valence-electron chi connectivity index (χ3n) is 6.07. The van der Waals surface area contributed by atoms with Crippen molar-refractivity contribution in [2.24, 2.45) is 0 Å². The number of hydrogen-bond donors (Lipinski definition) is 2. The van der Waals surface area contributed by atoms with Gasteiger partial charge in [-0.15, -0.1) is 0 Å². The Balaban J connectivity index is 1.68. The van der Waals surface area contributed by atoms with E-state index in [4.69, 9.17) is 19.3 Å². The second-order valence-corrected chi connectivity index (χ2v) is 8.91. The van der Waals surface area contributed by atoms with Crippen LogP contribution in [-0.2, 0) is 22.5 Å². The molecule has 9 heteroatoms. The molecule has 0 saturated heterocycles. The number of anilines is 1. The van der Waals surface area contributed by atoms with Crippen molar-refractivity contribution < 1.29 is 32.9 Å². The van der Waals surface area contributed by atoms with Gasteiger partial charge in [0.25, 0.3) is 11.3 Å². The van der Waals surface area contributed by atoms with Crippen LogP contribution in [0.5, 0.6) is 17.2 Å². The highest BCUT2D eigenvalue weighted by Gasteiger charge is 2.31. The van der Waals surface area contributed by atoms with Crippen molar-refractivity contribution in [2.75, 3.05) is 25.1 Å². The second kappa shape index (κ2) is 10.8. The van der Waals surface area contributed by atoms with E-state index in [1.807, 2.05) is 36.4 Å². The fourth-order valence-electron chi connectivity index (χ4n) is 4.59. The van der Waals surface area contributed by atoms with Crippen molar-refractivity contribution >= 4 is 22.9 Å². The first-order valence-electron chi connectivity index (χ1n) is 11.1. The zero-order chi connectivity index (χ0) is 24.9. The molecule has 0 amide bonds. The predicted octanol–water partition coefficient (Wildman–Crippen LogP) is 4.85. The number of carbonyl (C=O) groups is 1. The first kappa shape index (κ1) is 24.6.